The summed E-state index contributed by atoms with van der Waals surface area (Å²) < 4.78 is 7.26. The molecule has 0 spiro atoms. The van der Waals surface area contributed by atoms with Gasteiger partial charge in [-0.2, -0.15) is 5.10 Å². The number of hydrogen-bond donors (Lipinski definition) is 0. The van der Waals surface area contributed by atoms with Gasteiger partial charge in [-0.1, -0.05) is 18.2 Å². The van der Waals surface area contributed by atoms with Crippen LogP contribution in [0.2, 0.25) is 0 Å². The first-order chi connectivity index (χ1) is 8.78. The highest BCUT2D eigenvalue weighted by Crippen LogP contribution is 2.21. The van der Waals surface area contributed by atoms with E-state index in [1.54, 1.807) is 23.1 Å². The number of benzene rings is 1. The van der Waals surface area contributed by atoms with Crippen molar-refractivity contribution in [2.75, 3.05) is 0 Å². The summed E-state index contributed by atoms with van der Waals surface area (Å²) in [5.74, 6) is 0.220. The molecule has 18 heavy (non-hydrogen) atoms. The van der Waals surface area contributed by atoms with Gasteiger partial charge in [-0.25, -0.2) is 0 Å². The van der Waals surface area contributed by atoms with Crippen LogP contribution in [0.25, 0.3) is 11.0 Å². The second-order valence-corrected chi connectivity index (χ2v) is 4.06. The Morgan fingerprint density at radius 1 is 1.39 bits per heavy atom. The molecule has 2 heterocycles. The van der Waals surface area contributed by atoms with Gasteiger partial charge in [0.15, 0.2) is 5.76 Å². The number of nitrogens with zero attached hydrogens (tertiary/aromatic N) is 2. The molecule has 4 nitrogen and oxygen atoms in total. The monoisotopic (exact) mass is 240 g/mol. The maximum absolute atomic E-state index is 12.2. The van der Waals surface area contributed by atoms with Gasteiger partial charge < -0.3 is 4.42 Å². The zero-order valence-electron chi connectivity index (χ0n) is 9.96. The molecule has 0 aliphatic heterocycles. The molecule has 90 valence electrons. The molecule has 0 fully saturated rings. The van der Waals surface area contributed by atoms with E-state index >= 15 is 0 Å². The standard InChI is InChI=1S/C14H12N2O2/c1-2-16-9-11(8-15-16)14(17)13-7-10-5-3-4-6-12(10)18-13/h3-9H,2H2,1H3. The molecule has 2 aromatic heterocycles. The van der Waals surface area contributed by atoms with E-state index in [1.807, 2.05) is 31.2 Å². The summed E-state index contributed by atoms with van der Waals surface area (Å²) in [6, 6.07) is 9.34. The van der Waals surface area contributed by atoms with Crippen LogP contribution in [-0.2, 0) is 6.54 Å². The number of fused-ring (bicyclic) bond motifs is 1. The molecule has 0 amide bonds. The van der Waals surface area contributed by atoms with Crippen LogP contribution in [0.5, 0.6) is 0 Å². The van der Waals surface area contributed by atoms with Crippen LogP contribution < -0.4 is 0 Å². The minimum absolute atomic E-state index is 0.133. The van der Waals surface area contributed by atoms with E-state index < -0.39 is 0 Å². The topological polar surface area (TPSA) is 48.0 Å². The Hall–Kier alpha value is -2.36. The van der Waals surface area contributed by atoms with Crippen LogP contribution in [0.4, 0.5) is 0 Å². The minimum atomic E-state index is -0.133. The van der Waals surface area contributed by atoms with Gasteiger partial charge in [0, 0.05) is 18.1 Å². The summed E-state index contributed by atoms with van der Waals surface area (Å²) in [5, 5.41) is 5.02. The predicted octanol–water partition coefficient (Wildman–Crippen LogP) is 2.88. The van der Waals surface area contributed by atoms with Crippen LogP contribution in [0.3, 0.4) is 0 Å². The van der Waals surface area contributed by atoms with Gasteiger partial charge in [0.25, 0.3) is 0 Å². The summed E-state index contributed by atoms with van der Waals surface area (Å²) in [5.41, 5.74) is 1.28. The maximum Gasteiger partial charge on any atom is 0.231 e. The first-order valence-corrected chi connectivity index (χ1v) is 5.83. The summed E-state index contributed by atoms with van der Waals surface area (Å²) in [4.78, 5) is 12.2. The van der Waals surface area contributed by atoms with E-state index in [4.69, 9.17) is 4.42 Å². The molecule has 0 atom stereocenters. The highest BCUT2D eigenvalue weighted by atomic mass is 16.3. The molecule has 3 aromatic rings. The van der Waals surface area contributed by atoms with Crippen LogP contribution in [0, 0.1) is 0 Å². The molecule has 0 saturated heterocycles. The molecule has 0 unspecified atom stereocenters. The van der Waals surface area contributed by atoms with E-state index in [2.05, 4.69) is 5.10 Å². The summed E-state index contributed by atoms with van der Waals surface area (Å²) >= 11 is 0. The Labute approximate surface area is 104 Å². The van der Waals surface area contributed by atoms with E-state index in [0.29, 0.717) is 11.3 Å². The van der Waals surface area contributed by atoms with Crippen LogP contribution >= 0.6 is 0 Å². The minimum Gasteiger partial charge on any atom is -0.453 e. The Balaban J connectivity index is 2.00. The van der Waals surface area contributed by atoms with Gasteiger partial charge in [0.05, 0.1) is 11.8 Å². The third-order valence-electron chi connectivity index (χ3n) is 2.87. The number of rotatable bonds is 3. The number of aryl methyl sites for hydroxylation is 1. The fourth-order valence-corrected chi connectivity index (χ4v) is 1.89. The van der Waals surface area contributed by atoms with Gasteiger partial charge in [-0.15, -0.1) is 0 Å². The lowest BCUT2D eigenvalue weighted by atomic mass is 10.2. The van der Waals surface area contributed by atoms with Crippen molar-refractivity contribution in [3.8, 4) is 0 Å². The number of para-hydroxylation sites is 1. The van der Waals surface area contributed by atoms with Gasteiger partial charge in [-0.05, 0) is 19.1 Å². The fourth-order valence-electron chi connectivity index (χ4n) is 1.89. The Bertz CT molecular complexity index is 676. The molecule has 0 N–H and O–H groups in total. The highest BCUT2D eigenvalue weighted by Gasteiger charge is 2.15. The number of carbonyl (C=O) groups is 1. The lowest BCUT2D eigenvalue weighted by Gasteiger charge is -1.92. The van der Waals surface area contributed by atoms with E-state index in [-0.39, 0.29) is 5.78 Å². The van der Waals surface area contributed by atoms with Crippen molar-refractivity contribution < 1.29 is 9.21 Å². The van der Waals surface area contributed by atoms with Crippen molar-refractivity contribution in [1.82, 2.24) is 9.78 Å². The number of aromatic nitrogens is 2. The van der Waals surface area contributed by atoms with Crippen molar-refractivity contribution in [3.63, 3.8) is 0 Å². The van der Waals surface area contributed by atoms with Crippen LogP contribution in [0.1, 0.15) is 23.0 Å². The number of ketones is 1. The number of carbonyl (C=O) groups excluding carboxylic acids is 1. The van der Waals surface area contributed by atoms with Crippen molar-refractivity contribution in [2.24, 2.45) is 0 Å². The van der Waals surface area contributed by atoms with E-state index in [9.17, 15) is 4.79 Å². The van der Waals surface area contributed by atoms with Crippen molar-refractivity contribution >= 4 is 16.8 Å². The van der Waals surface area contributed by atoms with Gasteiger partial charge >= 0.3 is 0 Å². The third-order valence-corrected chi connectivity index (χ3v) is 2.87. The lowest BCUT2D eigenvalue weighted by Crippen LogP contribution is -1.98. The predicted molar refractivity (Wildman–Crippen MR) is 67.5 cm³/mol. The molecule has 0 radical (unpaired) electrons. The quantitative estimate of drug-likeness (QED) is 0.661. The average Bonchev–Trinajstić information content (AvgIpc) is 3.04. The molecule has 3 rings (SSSR count). The third kappa shape index (κ3) is 1.72. The molecule has 0 bridgehead atoms. The average molecular weight is 240 g/mol. The van der Waals surface area contributed by atoms with Crippen LogP contribution in [0.15, 0.2) is 47.1 Å². The first kappa shape index (κ1) is 10.8. The summed E-state index contributed by atoms with van der Waals surface area (Å²) in [7, 11) is 0. The molecule has 0 aliphatic rings. The summed E-state index contributed by atoms with van der Waals surface area (Å²) in [6.07, 6.45) is 3.30. The Morgan fingerprint density at radius 2 is 2.22 bits per heavy atom. The fraction of sp³-hybridized carbons (Fsp3) is 0.143. The van der Waals surface area contributed by atoms with Gasteiger partial charge in [0.2, 0.25) is 5.78 Å². The van der Waals surface area contributed by atoms with Crippen molar-refractivity contribution in [3.05, 3.63) is 54.0 Å². The first-order valence-electron chi connectivity index (χ1n) is 5.83. The van der Waals surface area contributed by atoms with Gasteiger partial charge in [-0.3, -0.25) is 9.48 Å². The molecular weight excluding hydrogens is 228 g/mol. The normalized spacial score (nSPS) is 10.9. The lowest BCUT2D eigenvalue weighted by molar-refractivity contribution is 0.101. The number of furan rings is 1. The second-order valence-electron chi connectivity index (χ2n) is 4.06. The second kappa shape index (κ2) is 4.14. The van der Waals surface area contributed by atoms with Gasteiger partial charge in [0.1, 0.15) is 5.58 Å². The summed E-state index contributed by atoms with van der Waals surface area (Å²) in [6.45, 7) is 2.72. The zero-order valence-corrected chi connectivity index (χ0v) is 9.96. The Kier molecular flexibility index (Phi) is 2.48. The molecular formula is C14H12N2O2. The maximum atomic E-state index is 12.2. The molecule has 0 aliphatic carbocycles. The Morgan fingerprint density at radius 3 is 2.94 bits per heavy atom. The van der Waals surface area contributed by atoms with Crippen molar-refractivity contribution in [2.45, 2.75) is 13.5 Å². The molecule has 1 aromatic carbocycles. The largest absolute Gasteiger partial charge is 0.453 e. The zero-order chi connectivity index (χ0) is 12.5. The SMILES string of the molecule is CCn1cc(C(=O)c2cc3ccccc3o2)cn1. The van der Waals surface area contributed by atoms with E-state index in [0.717, 1.165) is 17.5 Å². The van der Waals surface area contributed by atoms with Crippen molar-refractivity contribution in [1.29, 1.82) is 0 Å². The smallest absolute Gasteiger partial charge is 0.231 e. The number of hydrogen-bond acceptors (Lipinski definition) is 3. The van der Waals surface area contributed by atoms with Crippen LogP contribution in [-0.4, -0.2) is 15.6 Å². The molecule has 0 saturated carbocycles. The van der Waals surface area contributed by atoms with E-state index in [1.165, 1.54) is 0 Å². The highest BCUT2D eigenvalue weighted by molar-refractivity contribution is 6.08. The molecule has 4 heteroatoms.